The number of ether oxygens (including phenoxy) is 1. The molecule has 3 atom stereocenters. The SMILES string of the molecule is O=C([C@H]1C[C@H]2CC[C@H]1O2)N(CCc1ccccc1)Cc1ccncc1. The summed E-state index contributed by atoms with van der Waals surface area (Å²) >= 11 is 0. The maximum absolute atomic E-state index is 13.2. The normalized spacial score (nSPS) is 24.4. The van der Waals surface area contributed by atoms with Crippen molar-refractivity contribution in [3.8, 4) is 0 Å². The number of benzene rings is 1. The van der Waals surface area contributed by atoms with Gasteiger partial charge in [-0.2, -0.15) is 0 Å². The summed E-state index contributed by atoms with van der Waals surface area (Å²) in [4.78, 5) is 19.3. The van der Waals surface area contributed by atoms with Crippen LogP contribution in [-0.2, 0) is 22.5 Å². The lowest BCUT2D eigenvalue weighted by Gasteiger charge is -2.28. The quantitative estimate of drug-likeness (QED) is 0.813. The van der Waals surface area contributed by atoms with E-state index in [0.717, 1.165) is 37.8 Å². The predicted molar refractivity (Wildman–Crippen MR) is 95.8 cm³/mol. The Morgan fingerprint density at radius 2 is 1.88 bits per heavy atom. The Balaban J connectivity index is 1.47. The van der Waals surface area contributed by atoms with Crippen LogP contribution in [0.4, 0.5) is 0 Å². The number of nitrogens with zero attached hydrogens (tertiary/aromatic N) is 2. The van der Waals surface area contributed by atoms with E-state index >= 15 is 0 Å². The highest BCUT2D eigenvalue weighted by atomic mass is 16.5. The average Bonchev–Trinajstić information content (AvgIpc) is 3.30. The maximum Gasteiger partial charge on any atom is 0.228 e. The topological polar surface area (TPSA) is 42.4 Å². The van der Waals surface area contributed by atoms with Crippen LogP contribution in [0, 0.1) is 5.92 Å². The number of aromatic nitrogens is 1. The van der Waals surface area contributed by atoms with E-state index in [1.165, 1.54) is 5.56 Å². The molecular weight excluding hydrogens is 312 g/mol. The van der Waals surface area contributed by atoms with E-state index in [1.54, 1.807) is 12.4 Å². The van der Waals surface area contributed by atoms with E-state index in [9.17, 15) is 4.79 Å². The molecule has 0 unspecified atom stereocenters. The van der Waals surface area contributed by atoms with Crippen LogP contribution >= 0.6 is 0 Å². The first kappa shape index (κ1) is 16.3. The molecule has 1 aromatic carbocycles. The van der Waals surface area contributed by atoms with Crippen molar-refractivity contribution in [2.75, 3.05) is 6.54 Å². The van der Waals surface area contributed by atoms with Crippen LogP contribution < -0.4 is 0 Å². The molecule has 0 saturated carbocycles. The smallest absolute Gasteiger partial charge is 0.228 e. The molecule has 2 bridgehead atoms. The molecule has 4 rings (SSSR count). The van der Waals surface area contributed by atoms with Gasteiger partial charge in [-0.1, -0.05) is 30.3 Å². The van der Waals surface area contributed by atoms with Crippen LogP contribution in [0.5, 0.6) is 0 Å². The minimum atomic E-state index is 0.0383. The number of hydrogen-bond donors (Lipinski definition) is 0. The van der Waals surface area contributed by atoms with E-state index in [2.05, 4.69) is 17.1 Å². The first-order valence-corrected chi connectivity index (χ1v) is 9.16. The van der Waals surface area contributed by atoms with Gasteiger partial charge in [0, 0.05) is 25.5 Å². The second-order valence-corrected chi connectivity index (χ2v) is 7.07. The van der Waals surface area contributed by atoms with Crippen LogP contribution in [0.15, 0.2) is 54.9 Å². The Kier molecular flexibility index (Phi) is 4.79. The third-order valence-electron chi connectivity index (χ3n) is 5.37. The van der Waals surface area contributed by atoms with Crippen molar-refractivity contribution in [3.05, 3.63) is 66.0 Å². The van der Waals surface area contributed by atoms with Gasteiger partial charge in [-0.15, -0.1) is 0 Å². The molecule has 25 heavy (non-hydrogen) atoms. The van der Waals surface area contributed by atoms with Crippen molar-refractivity contribution in [2.24, 2.45) is 5.92 Å². The summed E-state index contributed by atoms with van der Waals surface area (Å²) in [7, 11) is 0. The zero-order valence-electron chi connectivity index (χ0n) is 14.4. The van der Waals surface area contributed by atoms with E-state index < -0.39 is 0 Å². The molecule has 2 saturated heterocycles. The number of amides is 1. The Hall–Kier alpha value is -2.20. The lowest BCUT2D eigenvalue weighted by atomic mass is 9.88. The summed E-state index contributed by atoms with van der Waals surface area (Å²) in [6.45, 7) is 1.38. The van der Waals surface area contributed by atoms with Gasteiger partial charge in [0.25, 0.3) is 0 Å². The second kappa shape index (κ2) is 7.36. The van der Waals surface area contributed by atoms with Crippen molar-refractivity contribution in [1.82, 2.24) is 9.88 Å². The fraction of sp³-hybridized carbons (Fsp3) is 0.429. The van der Waals surface area contributed by atoms with Gasteiger partial charge in [-0.25, -0.2) is 0 Å². The monoisotopic (exact) mass is 336 g/mol. The highest BCUT2D eigenvalue weighted by Gasteiger charge is 2.45. The largest absolute Gasteiger partial charge is 0.374 e. The van der Waals surface area contributed by atoms with Crippen molar-refractivity contribution in [1.29, 1.82) is 0 Å². The van der Waals surface area contributed by atoms with Crippen LogP contribution in [0.1, 0.15) is 30.4 Å². The third-order valence-corrected chi connectivity index (χ3v) is 5.37. The first-order chi connectivity index (χ1) is 12.3. The van der Waals surface area contributed by atoms with Crippen LogP contribution in [0.2, 0.25) is 0 Å². The first-order valence-electron chi connectivity index (χ1n) is 9.16. The molecule has 0 spiro atoms. The molecule has 1 aromatic heterocycles. The molecule has 4 nitrogen and oxygen atoms in total. The molecule has 0 aliphatic carbocycles. The summed E-state index contributed by atoms with van der Waals surface area (Å²) in [5.41, 5.74) is 2.39. The molecular formula is C21H24N2O2. The average molecular weight is 336 g/mol. The molecule has 4 heteroatoms. The summed E-state index contributed by atoms with van der Waals surface area (Å²) in [6.07, 6.45) is 7.92. The number of carbonyl (C=O) groups is 1. The summed E-state index contributed by atoms with van der Waals surface area (Å²) in [6, 6.07) is 14.3. The molecule has 2 aromatic rings. The summed E-state index contributed by atoms with van der Waals surface area (Å²) < 4.78 is 5.91. The molecule has 0 N–H and O–H groups in total. The highest BCUT2D eigenvalue weighted by Crippen LogP contribution is 2.39. The summed E-state index contributed by atoms with van der Waals surface area (Å²) in [5.74, 6) is 0.288. The van der Waals surface area contributed by atoms with Gasteiger partial charge in [0.15, 0.2) is 0 Å². The Labute approximate surface area is 148 Å². The number of fused-ring (bicyclic) bond motifs is 2. The van der Waals surface area contributed by atoms with Crippen molar-refractivity contribution in [2.45, 2.75) is 44.4 Å². The number of carbonyl (C=O) groups excluding carboxylic acids is 1. The fourth-order valence-electron chi connectivity index (χ4n) is 4.02. The Morgan fingerprint density at radius 3 is 2.56 bits per heavy atom. The highest BCUT2D eigenvalue weighted by molar-refractivity contribution is 5.80. The van der Waals surface area contributed by atoms with Crippen molar-refractivity contribution >= 4 is 5.91 Å². The van der Waals surface area contributed by atoms with E-state index in [4.69, 9.17) is 4.74 Å². The number of hydrogen-bond acceptors (Lipinski definition) is 3. The number of pyridine rings is 1. The predicted octanol–water partition coefficient (Wildman–Crippen LogP) is 3.22. The van der Waals surface area contributed by atoms with Gasteiger partial charge < -0.3 is 9.64 Å². The van der Waals surface area contributed by atoms with Crippen LogP contribution in [-0.4, -0.2) is 34.5 Å². The van der Waals surface area contributed by atoms with Gasteiger partial charge >= 0.3 is 0 Å². The van der Waals surface area contributed by atoms with Gasteiger partial charge in [0.05, 0.1) is 18.1 Å². The minimum absolute atomic E-state index is 0.0383. The zero-order chi connectivity index (χ0) is 17.1. The molecule has 3 heterocycles. The third kappa shape index (κ3) is 3.74. The molecule has 2 aliphatic heterocycles. The molecule has 1 amide bonds. The Bertz CT molecular complexity index is 704. The number of rotatable bonds is 6. The summed E-state index contributed by atoms with van der Waals surface area (Å²) in [5, 5.41) is 0. The van der Waals surface area contributed by atoms with E-state index in [0.29, 0.717) is 12.6 Å². The van der Waals surface area contributed by atoms with Crippen LogP contribution in [0.3, 0.4) is 0 Å². The molecule has 2 fully saturated rings. The van der Waals surface area contributed by atoms with Gasteiger partial charge in [-0.05, 0) is 48.9 Å². The second-order valence-electron chi connectivity index (χ2n) is 7.07. The van der Waals surface area contributed by atoms with Crippen LogP contribution in [0.25, 0.3) is 0 Å². The fourth-order valence-corrected chi connectivity index (χ4v) is 4.02. The van der Waals surface area contributed by atoms with Crippen molar-refractivity contribution in [3.63, 3.8) is 0 Å². The lowest BCUT2D eigenvalue weighted by molar-refractivity contribution is -0.137. The lowest BCUT2D eigenvalue weighted by Crippen LogP contribution is -2.40. The Morgan fingerprint density at radius 1 is 1.08 bits per heavy atom. The molecule has 130 valence electrons. The van der Waals surface area contributed by atoms with E-state index in [-0.39, 0.29) is 17.9 Å². The zero-order valence-corrected chi connectivity index (χ0v) is 14.4. The standard InChI is InChI=1S/C21H24N2O2/c24-21(19-14-18-6-7-20(19)25-18)23(15-17-8-11-22-12-9-17)13-10-16-4-2-1-3-5-16/h1-5,8-9,11-12,18-20H,6-7,10,13-15H2/t18-,19+,20-/m1/s1. The molecule has 2 aliphatic rings. The van der Waals surface area contributed by atoms with Crippen molar-refractivity contribution < 1.29 is 9.53 Å². The molecule has 0 radical (unpaired) electrons. The van der Waals surface area contributed by atoms with E-state index in [1.807, 2.05) is 35.2 Å². The minimum Gasteiger partial charge on any atom is -0.374 e. The van der Waals surface area contributed by atoms with Gasteiger partial charge in [0.1, 0.15) is 0 Å². The van der Waals surface area contributed by atoms with Gasteiger partial charge in [0.2, 0.25) is 5.91 Å². The van der Waals surface area contributed by atoms with Gasteiger partial charge in [-0.3, -0.25) is 9.78 Å². The maximum atomic E-state index is 13.2.